The summed E-state index contributed by atoms with van der Waals surface area (Å²) in [5.74, 6) is 0. The van der Waals surface area contributed by atoms with Crippen molar-refractivity contribution in [2.75, 3.05) is 13.6 Å². The van der Waals surface area contributed by atoms with Crippen molar-refractivity contribution in [3.63, 3.8) is 0 Å². The minimum absolute atomic E-state index is 0.281. The van der Waals surface area contributed by atoms with Gasteiger partial charge >= 0.3 is 0 Å². The Morgan fingerprint density at radius 1 is 1.47 bits per heavy atom. The number of halogens is 1. The number of hydrogen-bond acceptors (Lipinski definition) is 3. The first-order valence-corrected chi connectivity index (χ1v) is 7.04. The highest BCUT2D eigenvalue weighted by atomic mass is 79.9. The molecule has 94 valence electrons. The van der Waals surface area contributed by atoms with Crippen molar-refractivity contribution in [3.8, 4) is 0 Å². The summed E-state index contributed by atoms with van der Waals surface area (Å²) in [6.45, 7) is 0.644. The van der Waals surface area contributed by atoms with E-state index in [0.29, 0.717) is 12.6 Å². The van der Waals surface area contributed by atoms with Gasteiger partial charge in [0, 0.05) is 35.5 Å². The van der Waals surface area contributed by atoms with Gasteiger partial charge in [-0.3, -0.25) is 9.88 Å². The Hall–Kier alpha value is -0.450. The highest BCUT2D eigenvalue weighted by Gasteiger charge is 2.26. The summed E-state index contributed by atoms with van der Waals surface area (Å²) in [6, 6.07) is 3.08. The van der Waals surface area contributed by atoms with E-state index in [9.17, 15) is 0 Å². The molecule has 0 radical (unpaired) electrons. The number of likely N-dealkylation sites (N-methyl/N-ethyl adjacent to an activating group) is 1. The Balaban J connectivity index is 2.14. The van der Waals surface area contributed by atoms with Crippen LogP contribution in [0.25, 0.3) is 0 Å². The fourth-order valence-electron chi connectivity index (χ4n) is 2.71. The van der Waals surface area contributed by atoms with E-state index in [2.05, 4.69) is 38.9 Å². The van der Waals surface area contributed by atoms with Gasteiger partial charge in [-0.05, 0) is 47.4 Å². The molecule has 4 heteroatoms. The summed E-state index contributed by atoms with van der Waals surface area (Å²) in [5, 5.41) is 0. The van der Waals surface area contributed by atoms with Crippen molar-refractivity contribution in [3.05, 3.63) is 28.5 Å². The molecule has 0 bridgehead atoms. The van der Waals surface area contributed by atoms with Crippen molar-refractivity contribution >= 4 is 15.9 Å². The molecule has 0 amide bonds. The molecule has 3 nitrogen and oxygen atoms in total. The fourth-order valence-corrected chi connectivity index (χ4v) is 3.10. The molecule has 0 spiro atoms. The molecule has 0 aliphatic heterocycles. The number of pyridine rings is 1. The Morgan fingerprint density at radius 3 is 2.76 bits per heavy atom. The first kappa shape index (κ1) is 13.0. The van der Waals surface area contributed by atoms with Crippen LogP contribution >= 0.6 is 15.9 Å². The van der Waals surface area contributed by atoms with Crippen molar-refractivity contribution in [2.24, 2.45) is 5.73 Å². The summed E-state index contributed by atoms with van der Waals surface area (Å²) in [7, 11) is 2.19. The molecule has 1 aliphatic rings. The van der Waals surface area contributed by atoms with Gasteiger partial charge in [-0.2, -0.15) is 0 Å². The Bertz CT molecular complexity index is 363. The Morgan fingerprint density at radius 2 is 2.18 bits per heavy atom. The van der Waals surface area contributed by atoms with Crippen LogP contribution in [-0.2, 0) is 0 Å². The summed E-state index contributed by atoms with van der Waals surface area (Å²) < 4.78 is 1.02. The number of rotatable bonds is 4. The van der Waals surface area contributed by atoms with Gasteiger partial charge in [0.25, 0.3) is 0 Å². The zero-order valence-electron chi connectivity index (χ0n) is 10.3. The van der Waals surface area contributed by atoms with Gasteiger partial charge in [0.15, 0.2) is 0 Å². The van der Waals surface area contributed by atoms with Crippen LogP contribution in [0.15, 0.2) is 22.9 Å². The lowest BCUT2D eigenvalue weighted by Crippen LogP contribution is -2.37. The van der Waals surface area contributed by atoms with Crippen LogP contribution in [0.4, 0.5) is 0 Å². The van der Waals surface area contributed by atoms with Crippen LogP contribution < -0.4 is 5.73 Å². The third kappa shape index (κ3) is 3.06. The van der Waals surface area contributed by atoms with Crippen LogP contribution in [0.1, 0.15) is 37.3 Å². The molecule has 1 unspecified atom stereocenters. The molecular formula is C13H20BrN3. The summed E-state index contributed by atoms with van der Waals surface area (Å²) >= 11 is 3.47. The summed E-state index contributed by atoms with van der Waals surface area (Å²) in [6.07, 6.45) is 9.04. The van der Waals surface area contributed by atoms with Gasteiger partial charge in [-0.25, -0.2) is 0 Å². The molecule has 0 saturated heterocycles. The molecule has 1 atom stereocenters. The molecule has 1 fully saturated rings. The summed E-state index contributed by atoms with van der Waals surface area (Å²) in [5.41, 5.74) is 7.14. The van der Waals surface area contributed by atoms with Crippen LogP contribution in [0, 0.1) is 0 Å². The van der Waals surface area contributed by atoms with Crippen molar-refractivity contribution < 1.29 is 0 Å². The smallest absolute Gasteiger partial charge is 0.0485 e. The van der Waals surface area contributed by atoms with Gasteiger partial charge < -0.3 is 5.73 Å². The zero-order valence-corrected chi connectivity index (χ0v) is 11.9. The van der Waals surface area contributed by atoms with E-state index < -0.39 is 0 Å². The topological polar surface area (TPSA) is 42.1 Å². The van der Waals surface area contributed by atoms with E-state index in [-0.39, 0.29) is 6.04 Å². The lowest BCUT2D eigenvalue weighted by Gasteiger charge is -2.32. The van der Waals surface area contributed by atoms with Crippen molar-refractivity contribution in [1.82, 2.24) is 9.88 Å². The van der Waals surface area contributed by atoms with Gasteiger partial charge in [-0.15, -0.1) is 0 Å². The average molecular weight is 298 g/mol. The molecule has 0 aromatic carbocycles. The molecule has 1 aromatic rings. The second kappa shape index (κ2) is 5.94. The normalized spacial score (nSPS) is 18.8. The van der Waals surface area contributed by atoms with Crippen LogP contribution in [-0.4, -0.2) is 29.5 Å². The highest BCUT2D eigenvalue weighted by Crippen LogP contribution is 2.29. The third-order valence-electron chi connectivity index (χ3n) is 3.73. The van der Waals surface area contributed by atoms with Crippen molar-refractivity contribution in [2.45, 2.75) is 37.8 Å². The molecular weight excluding hydrogens is 278 g/mol. The van der Waals surface area contributed by atoms with E-state index in [1.807, 2.05) is 12.4 Å². The van der Waals surface area contributed by atoms with Crippen LogP contribution in [0.2, 0.25) is 0 Å². The van der Waals surface area contributed by atoms with E-state index in [1.54, 1.807) is 0 Å². The Labute approximate surface area is 112 Å². The first-order valence-electron chi connectivity index (χ1n) is 6.25. The molecule has 1 aromatic heterocycles. The lowest BCUT2D eigenvalue weighted by molar-refractivity contribution is 0.179. The quantitative estimate of drug-likeness (QED) is 0.929. The van der Waals surface area contributed by atoms with Crippen molar-refractivity contribution in [1.29, 1.82) is 0 Å². The minimum atomic E-state index is 0.281. The summed E-state index contributed by atoms with van der Waals surface area (Å²) in [4.78, 5) is 6.66. The maximum absolute atomic E-state index is 5.94. The third-order valence-corrected chi connectivity index (χ3v) is 4.16. The molecule has 2 rings (SSSR count). The highest BCUT2D eigenvalue weighted by molar-refractivity contribution is 9.10. The van der Waals surface area contributed by atoms with Gasteiger partial charge in [0.2, 0.25) is 0 Å². The van der Waals surface area contributed by atoms with Gasteiger partial charge in [0.1, 0.15) is 0 Å². The molecule has 1 saturated carbocycles. The minimum Gasteiger partial charge on any atom is -0.329 e. The number of hydrogen-bond donors (Lipinski definition) is 1. The maximum atomic E-state index is 5.94. The second-order valence-electron chi connectivity index (χ2n) is 4.79. The first-order chi connectivity index (χ1) is 8.22. The molecule has 17 heavy (non-hydrogen) atoms. The maximum Gasteiger partial charge on any atom is 0.0485 e. The molecule has 2 N–H and O–H groups in total. The van der Waals surface area contributed by atoms with E-state index in [1.165, 1.54) is 31.2 Å². The zero-order chi connectivity index (χ0) is 12.3. The standard InChI is InChI=1S/C13H20BrN3/c1-17(12-4-2-3-5-12)13(7-15)10-6-11(14)9-16-8-10/h6,8-9,12-13H,2-5,7,15H2,1H3. The predicted molar refractivity (Wildman–Crippen MR) is 73.8 cm³/mol. The monoisotopic (exact) mass is 297 g/mol. The molecule has 1 heterocycles. The van der Waals surface area contributed by atoms with Gasteiger partial charge in [0.05, 0.1) is 0 Å². The predicted octanol–water partition coefficient (Wildman–Crippen LogP) is 2.72. The van der Waals surface area contributed by atoms with E-state index in [4.69, 9.17) is 5.73 Å². The average Bonchev–Trinajstić information content (AvgIpc) is 2.83. The van der Waals surface area contributed by atoms with E-state index >= 15 is 0 Å². The number of nitrogens with zero attached hydrogens (tertiary/aromatic N) is 2. The SMILES string of the molecule is CN(C1CCCC1)C(CN)c1cncc(Br)c1. The van der Waals surface area contributed by atoms with Crippen LogP contribution in [0.3, 0.4) is 0 Å². The van der Waals surface area contributed by atoms with E-state index in [0.717, 1.165) is 4.47 Å². The largest absolute Gasteiger partial charge is 0.329 e. The second-order valence-corrected chi connectivity index (χ2v) is 5.71. The lowest BCUT2D eigenvalue weighted by atomic mass is 10.1. The molecule has 1 aliphatic carbocycles. The number of aromatic nitrogens is 1. The van der Waals surface area contributed by atoms with Gasteiger partial charge in [-0.1, -0.05) is 12.8 Å². The fraction of sp³-hybridized carbons (Fsp3) is 0.615. The van der Waals surface area contributed by atoms with Crippen LogP contribution in [0.5, 0.6) is 0 Å². The Kier molecular flexibility index (Phi) is 4.54. The number of nitrogens with two attached hydrogens (primary N) is 1.